The lowest BCUT2D eigenvalue weighted by molar-refractivity contribution is 0.102. The van der Waals surface area contributed by atoms with Gasteiger partial charge in [-0.1, -0.05) is 17.7 Å². The van der Waals surface area contributed by atoms with E-state index >= 15 is 0 Å². The Bertz CT molecular complexity index is 884. The summed E-state index contributed by atoms with van der Waals surface area (Å²) in [6.45, 7) is 2.43. The molecule has 0 radical (unpaired) electrons. The lowest BCUT2D eigenvalue weighted by Gasteiger charge is -2.10. The molecule has 0 saturated carbocycles. The molecule has 25 heavy (non-hydrogen) atoms. The molecular weight excluding hydrogens is 336 g/mol. The molecule has 2 aromatic heterocycles. The minimum atomic E-state index is -0.200. The van der Waals surface area contributed by atoms with E-state index in [1.807, 2.05) is 31.2 Å². The first kappa shape index (κ1) is 16.9. The molecule has 0 aliphatic carbocycles. The van der Waals surface area contributed by atoms with Crippen LogP contribution in [0.15, 0.2) is 60.9 Å². The normalized spacial score (nSPS) is 10.3. The van der Waals surface area contributed by atoms with Crippen molar-refractivity contribution in [2.24, 2.45) is 0 Å². The lowest BCUT2D eigenvalue weighted by Crippen LogP contribution is -2.13. The van der Waals surface area contributed by atoms with E-state index < -0.39 is 0 Å². The zero-order valence-corrected chi connectivity index (χ0v) is 14.4. The Kier molecular flexibility index (Phi) is 5.26. The number of nitrogens with one attached hydrogen (secondary N) is 2. The predicted octanol–water partition coefficient (Wildman–Crippen LogP) is 4.30. The van der Waals surface area contributed by atoms with E-state index in [1.54, 1.807) is 36.7 Å². The molecule has 0 fully saturated rings. The number of aryl methyl sites for hydroxylation is 1. The van der Waals surface area contributed by atoms with Crippen LogP contribution in [-0.2, 0) is 6.54 Å². The van der Waals surface area contributed by atoms with Crippen LogP contribution in [0.25, 0.3) is 0 Å². The second-order valence-electron chi connectivity index (χ2n) is 5.52. The number of anilines is 2. The molecule has 0 saturated heterocycles. The van der Waals surface area contributed by atoms with Crippen LogP contribution in [0.2, 0.25) is 5.02 Å². The predicted molar refractivity (Wildman–Crippen MR) is 99.9 cm³/mol. The first-order valence-corrected chi connectivity index (χ1v) is 8.17. The van der Waals surface area contributed by atoms with Gasteiger partial charge in [0.2, 0.25) is 0 Å². The molecular formula is C19H17ClN4O. The van der Waals surface area contributed by atoms with Gasteiger partial charge in [-0.2, -0.15) is 0 Å². The van der Waals surface area contributed by atoms with Crippen LogP contribution in [-0.4, -0.2) is 15.9 Å². The fraction of sp³-hybridized carbons (Fsp3) is 0.105. The molecule has 0 atom stereocenters. The summed E-state index contributed by atoms with van der Waals surface area (Å²) in [6, 6.07) is 14.4. The number of carbonyl (C=O) groups is 1. The summed E-state index contributed by atoms with van der Waals surface area (Å²) in [5.74, 6) is 0.417. The maximum atomic E-state index is 12.5. The summed E-state index contributed by atoms with van der Waals surface area (Å²) in [5, 5.41) is 6.70. The Labute approximate surface area is 151 Å². The Morgan fingerprint density at radius 1 is 1.08 bits per heavy atom. The smallest absolute Gasteiger partial charge is 0.255 e. The zero-order chi connectivity index (χ0) is 17.6. The van der Waals surface area contributed by atoms with Crippen LogP contribution in [0.5, 0.6) is 0 Å². The van der Waals surface area contributed by atoms with Gasteiger partial charge in [-0.25, -0.2) is 4.98 Å². The topological polar surface area (TPSA) is 66.9 Å². The van der Waals surface area contributed by atoms with Gasteiger partial charge in [0, 0.05) is 28.7 Å². The zero-order valence-electron chi connectivity index (χ0n) is 13.7. The van der Waals surface area contributed by atoms with Gasteiger partial charge >= 0.3 is 0 Å². The molecule has 6 heteroatoms. The highest BCUT2D eigenvalue weighted by Gasteiger charge is 2.09. The van der Waals surface area contributed by atoms with Crippen LogP contribution in [0.3, 0.4) is 0 Å². The van der Waals surface area contributed by atoms with Gasteiger partial charge in [-0.3, -0.25) is 9.78 Å². The second-order valence-corrected chi connectivity index (χ2v) is 5.95. The molecule has 126 valence electrons. The van der Waals surface area contributed by atoms with Crippen LogP contribution >= 0.6 is 11.6 Å². The number of hydrogen-bond acceptors (Lipinski definition) is 4. The summed E-state index contributed by atoms with van der Waals surface area (Å²) in [4.78, 5) is 20.9. The van der Waals surface area contributed by atoms with E-state index in [4.69, 9.17) is 11.6 Å². The van der Waals surface area contributed by atoms with Crippen LogP contribution in [0.4, 0.5) is 11.5 Å². The number of benzene rings is 1. The second kappa shape index (κ2) is 7.77. The number of aromatic nitrogens is 2. The fourth-order valence-electron chi connectivity index (χ4n) is 2.31. The van der Waals surface area contributed by atoms with Crippen molar-refractivity contribution >= 4 is 29.0 Å². The van der Waals surface area contributed by atoms with Crippen LogP contribution in [0.1, 0.15) is 21.6 Å². The quantitative estimate of drug-likeness (QED) is 0.718. The monoisotopic (exact) mass is 352 g/mol. The van der Waals surface area contributed by atoms with E-state index in [0.717, 1.165) is 16.9 Å². The van der Waals surface area contributed by atoms with Gasteiger partial charge in [0.05, 0.1) is 12.2 Å². The van der Waals surface area contributed by atoms with Gasteiger partial charge < -0.3 is 10.6 Å². The average molecular weight is 353 g/mol. The van der Waals surface area contributed by atoms with Gasteiger partial charge in [0.15, 0.2) is 0 Å². The largest absolute Gasteiger partial charge is 0.364 e. The van der Waals surface area contributed by atoms with Crippen molar-refractivity contribution in [3.8, 4) is 0 Å². The lowest BCUT2D eigenvalue weighted by atomic mass is 10.2. The number of carbonyl (C=O) groups excluding carboxylic acids is 1. The summed E-state index contributed by atoms with van der Waals surface area (Å²) in [5.41, 5.74) is 3.06. The van der Waals surface area contributed by atoms with Crippen molar-refractivity contribution in [2.75, 3.05) is 10.6 Å². The van der Waals surface area contributed by atoms with E-state index in [9.17, 15) is 4.79 Å². The highest BCUT2D eigenvalue weighted by Crippen LogP contribution is 2.20. The number of halogens is 1. The van der Waals surface area contributed by atoms with Crippen molar-refractivity contribution in [1.29, 1.82) is 0 Å². The maximum Gasteiger partial charge on any atom is 0.255 e. The minimum Gasteiger partial charge on any atom is -0.364 e. The fourth-order valence-corrected chi connectivity index (χ4v) is 2.54. The SMILES string of the molecule is Cc1cc(Cl)ccc1NC(=O)c1ccnc(NCc2ccccn2)c1. The number of pyridine rings is 2. The maximum absolute atomic E-state index is 12.5. The third-order valence-corrected chi connectivity index (χ3v) is 3.87. The summed E-state index contributed by atoms with van der Waals surface area (Å²) in [7, 11) is 0. The molecule has 3 rings (SSSR count). The van der Waals surface area contributed by atoms with Gasteiger partial charge in [-0.05, 0) is 55.0 Å². The third kappa shape index (κ3) is 4.55. The summed E-state index contributed by atoms with van der Waals surface area (Å²) in [6.07, 6.45) is 3.34. The highest BCUT2D eigenvalue weighted by atomic mass is 35.5. The molecule has 0 unspecified atom stereocenters. The molecule has 0 aliphatic rings. The van der Waals surface area contributed by atoms with Crippen molar-refractivity contribution in [2.45, 2.75) is 13.5 Å². The summed E-state index contributed by atoms with van der Waals surface area (Å²) < 4.78 is 0. The van der Waals surface area contributed by atoms with Crippen molar-refractivity contribution < 1.29 is 4.79 Å². The number of rotatable bonds is 5. The van der Waals surface area contributed by atoms with Crippen molar-refractivity contribution in [1.82, 2.24) is 9.97 Å². The van der Waals surface area contributed by atoms with Crippen LogP contribution < -0.4 is 10.6 Å². The molecule has 0 aliphatic heterocycles. The molecule has 3 aromatic rings. The minimum absolute atomic E-state index is 0.200. The molecule has 2 heterocycles. The van der Waals surface area contributed by atoms with Crippen molar-refractivity contribution in [3.63, 3.8) is 0 Å². The standard InChI is InChI=1S/C19H17ClN4O/c1-13-10-15(20)5-6-17(13)24-19(25)14-7-9-22-18(11-14)23-12-16-4-2-3-8-21-16/h2-11H,12H2,1H3,(H,22,23)(H,24,25). The van der Waals surface area contributed by atoms with Gasteiger partial charge in [0.25, 0.3) is 5.91 Å². The number of amides is 1. The van der Waals surface area contributed by atoms with E-state index in [-0.39, 0.29) is 5.91 Å². The number of hydrogen-bond donors (Lipinski definition) is 2. The van der Waals surface area contributed by atoms with E-state index in [0.29, 0.717) is 22.9 Å². The highest BCUT2D eigenvalue weighted by molar-refractivity contribution is 6.30. The Hall–Kier alpha value is -2.92. The Balaban J connectivity index is 1.69. The van der Waals surface area contributed by atoms with E-state index in [2.05, 4.69) is 20.6 Å². The first-order valence-electron chi connectivity index (χ1n) is 7.79. The molecule has 2 N–H and O–H groups in total. The molecule has 1 amide bonds. The Morgan fingerprint density at radius 3 is 2.72 bits per heavy atom. The average Bonchev–Trinajstić information content (AvgIpc) is 2.63. The summed E-state index contributed by atoms with van der Waals surface area (Å²) >= 11 is 5.94. The van der Waals surface area contributed by atoms with Gasteiger partial charge in [0.1, 0.15) is 5.82 Å². The molecule has 1 aromatic carbocycles. The van der Waals surface area contributed by atoms with Crippen molar-refractivity contribution in [3.05, 3.63) is 82.8 Å². The molecule has 0 bridgehead atoms. The Morgan fingerprint density at radius 2 is 1.96 bits per heavy atom. The first-order chi connectivity index (χ1) is 12.1. The van der Waals surface area contributed by atoms with Crippen LogP contribution in [0, 0.1) is 6.92 Å². The number of nitrogens with zero attached hydrogens (tertiary/aromatic N) is 2. The van der Waals surface area contributed by atoms with E-state index in [1.165, 1.54) is 0 Å². The third-order valence-electron chi connectivity index (χ3n) is 3.64. The van der Waals surface area contributed by atoms with Gasteiger partial charge in [-0.15, -0.1) is 0 Å². The molecule has 5 nitrogen and oxygen atoms in total. The molecule has 0 spiro atoms.